The molecule has 21 heavy (non-hydrogen) atoms. The summed E-state index contributed by atoms with van der Waals surface area (Å²) in [7, 11) is 0. The first-order valence-electron chi connectivity index (χ1n) is 6.97. The molecule has 2 aromatic heterocycles. The fraction of sp³-hybridized carbons (Fsp3) is 0.400. The predicted octanol–water partition coefficient (Wildman–Crippen LogP) is 2.43. The van der Waals surface area contributed by atoms with Crippen molar-refractivity contribution in [3.05, 3.63) is 41.9 Å². The predicted molar refractivity (Wildman–Crippen MR) is 75.5 cm³/mol. The van der Waals surface area contributed by atoms with Gasteiger partial charge >= 0.3 is 0 Å². The summed E-state index contributed by atoms with van der Waals surface area (Å²) in [5.74, 6) is 2.36. The van der Waals surface area contributed by atoms with Crippen molar-refractivity contribution in [3.8, 4) is 0 Å². The number of rotatable bonds is 4. The van der Waals surface area contributed by atoms with Gasteiger partial charge in [0.15, 0.2) is 5.82 Å². The molecule has 6 nitrogen and oxygen atoms in total. The van der Waals surface area contributed by atoms with Crippen molar-refractivity contribution in [1.82, 2.24) is 15.0 Å². The molecule has 0 aliphatic carbocycles. The molecule has 0 unspecified atom stereocenters. The van der Waals surface area contributed by atoms with Crippen molar-refractivity contribution in [1.29, 1.82) is 0 Å². The highest BCUT2D eigenvalue weighted by Crippen LogP contribution is 2.27. The first-order valence-corrected chi connectivity index (χ1v) is 6.97. The lowest BCUT2D eigenvalue weighted by Crippen LogP contribution is -2.47. The maximum atomic E-state index is 11.9. The standard InChI is InChI=1S/C15H17N3O3/c1-10(2)14-16-15(21-17-14)11-8-18(9-11)13(19)6-5-12-4-3-7-20-12/h3-7,10-11H,8-9H2,1-2H3/b6-5+. The van der Waals surface area contributed by atoms with Crippen LogP contribution in [0.5, 0.6) is 0 Å². The van der Waals surface area contributed by atoms with Gasteiger partial charge in [-0.3, -0.25) is 4.79 Å². The Balaban J connectivity index is 1.54. The van der Waals surface area contributed by atoms with E-state index in [9.17, 15) is 4.79 Å². The number of hydrogen-bond acceptors (Lipinski definition) is 5. The van der Waals surface area contributed by atoms with Gasteiger partial charge in [0.05, 0.1) is 12.2 Å². The molecular weight excluding hydrogens is 270 g/mol. The third-order valence-electron chi connectivity index (χ3n) is 3.45. The Morgan fingerprint density at radius 1 is 1.48 bits per heavy atom. The summed E-state index contributed by atoms with van der Waals surface area (Å²) in [6, 6.07) is 3.58. The molecule has 1 aliphatic rings. The number of likely N-dealkylation sites (tertiary alicyclic amines) is 1. The summed E-state index contributed by atoms with van der Waals surface area (Å²) in [5.41, 5.74) is 0. The molecule has 0 saturated carbocycles. The van der Waals surface area contributed by atoms with Crippen molar-refractivity contribution in [2.75, 3.05) is 13.1 Å². The monoisotopic (exact) mass is 287 g/mol. The van der Waals surface area contributed by atoms with Gasteiger partial charge in [0, 0.05) is 25.1 Å². The van der Waals surface area contributed by atoms with Crippen molar-refractivity contribution in [2.45, 2.75) is 25.7 Å². The largest absolute Gasteiger partial charge is 0.465 e. The first kappa shape index (κ1) is 13.6. The van der Waals surface area contributed by atoms with Crippen molar-refractivity contribution in [3.63, 3.8) is 0 Å². The van der Waals surface area contributed by atoms with Crippen LogP contribution in [-0.4, -0.2) is 34.0 Å². The molecule has 0 N–H and O–H groups in total. The summed E-state index contributed by atoms with van der Waals surface area (Å²) >= 11 is 0. The number of hydrogen-bond donors (Lipinski definition) is 0. The number of carbonyl (C=O) groups excluding carboxylic acids is 1. The molecule has 0 bridgehead atoms. The molecule has 3 rings (SSSR count). The van der Waals surface area contributed by atoms with E-state index in [2.05, 4.69) is 10.1 Å². The molecule has 1 saturated heterocycles. The lowest BCUT2D eigenvalue weighted by Gasteiger charge is -2.36. The number of aromatic nitrogens is 2. The zero-order valence-electron chi connectivity index (χ0n) is 12.0. The lowest BCUT2D eigenvalue weighted by molar-refractivity contribution is -0.130. The number of amides is 1. The van der Waals surface area contributed by atoms with Crippen LogP contribution in [0.2, 0.25) is 0 Å². The first-order chi connectivity index (χ1) is 10.1. The Bertz CT molecular complexity index is 637. The Morgan fingerprint density at radius 3 is 2.90 bits per heavy atom. The van der Waals surface area contributed by atoms with Crippen LogP contribution in [0.1, 0.15) is 43.2 Å². The van der Waals surface area contributed by atoms with Crippen LogP contribution in [0.3, 0.4) is 0 Å². The van der Waals surface area contributed by atoms with Gasteiger partial charge < -0.3 is 13.8 Å². The molecule has 0 atom stereocenters. The normalized spacial score (nSPS) is 15.9. The van der Waals surface area contributed by atoms with Gasteiger partial charge in [-0.25, -0.2) is 0 Å². The summed E-state index contributed by atoms with van der Waals surface area (Å²) < 4.78 is 10.4. The third kappa shape index (κ3) is 2.89. The highest BCUT2D eigenvalue weighted by atomic mass is 16.5. The van der Waals surface area contributed by atoms with E-state index in [1.165, 1.54) is 6.08 Å². The second-order valence-electron chi connectivity index (χ2n) is 5.43. The van der Waals surface area contributed by atoms with Crippen LogP contribution in [-0.2, 0) is 4.79 Å². The topological polar surface area (TPSA) is 72.4 Å². The zero-order valence-corrected chi connectivity index (χ0v) is 12.0. The van der Waals surface area contributed by atoms with E-state index in [-0.39, 0.29) is 17.7 Å². The van der Waals surface area contributed by atoms with Crippen LogP contribution in [0.15, 0.2) is 33.4 Å². The van der Waals surface area contributed by atoms with Gasteiger partial charge in [-0.05, 0) is 18.2 Å². The summed E-state index contributed by atoms with van der Waals surface area (Å²) in [4.78, 5) is 18.0. The smallest absolute Gasteiger partial charge is 0.246 e. The Labute approximate surface area is 122 Å². The molecule has 110 valence electrons. The van der Waals surface area contributed by atoms with Crippen LogP contribution < -0.4 is 0 Å². The van der Waals surface area contributed by atoms with Gasteiger partial charge in [0.1, 0.15) is 5.76 Å². The van der Waals surface area contributed by atoms with E-state index in [1.807, 2.05) is 13.8 Å². The minimum Gasteiger partial charge on any atom is -0.465 e. The average Bonchev–Trinajstić information content (AvgIpc) is 3.06. The fourth-order valence-corrected chi connectivity index (χ4v) is 2.11. The highest BCUT2D eigenvalue weighted by molar-refractivity contribution is 5.92. The maximum absolute atomic E-state index is 11.9. The minimum atomic E-state index is -0.0359. The molecule has 3 heterocycles. The number of nitrogens with zero attached hydrogens (tertiary/aromatic N) is 3. The van der Waals surface area contributed by atoms with Crippen molar-refractivity contribution >= 4 is 12.0 Å². The second-order valence-corrected chi connectivity index (χ2v) is 5.43. The van der Waals surface area contributed by atoms with Crippen LogP contribution in [0, 0.1) is 0 Å². The van der Waals surface area contributed by atoms with Crippen LogP contribution in [0.4, 0.5) is 0 Å². The molecule has 2 aromatic rings. The van der Waals surface area contributed by atoms with Crippen LogP contribution in [0.25, 0.3) is 6.08 Å². The molecular formula is C15H17N3O3. The molecule has 0 spiro atoms. The van der Waals surface area contributed by atoms with Crippen molar-refractivity contribution < 1.29 is 13.7 Å². The average molecular weight is 287 g/mol. The van der Waals surface area contributed by atoms with E-state index in [4.69, 9.17) is 8.94 Å². The summed E-state index contributed by atoms with van der Waals surface area (Å²) in [5, 5.41) is 3.94. The third-order valence-corrected chi connectivity index (χ3v) is 3.45. The molecule has 6 heteroatoms. The minimum absolute atomic E-state index is 0.0359. The van der Waals surface area contributed by atoms with E-state index in [1.54, 1.807) is 29.4 Å². The highest BCUT2D eigenvalue weighted by Gasteiger charge is 2.34. The van der Waals surface area contributed by atoms with E-state index < -0.39 is 0 Å². The van der Waals surface area contributed by atoms with Crippen LogP contribution >= 0.6 is 0 Å². The molecule has 1 amide bonds. The second kappa shape index (κ2) is 5.55. The maximum Gasteiger partial charge on any atom is 0.246 e. The Morgan fingerprint density at radius 2 is 2.29 bits per heavy atom. The molecule has 1 fully saturated rings. The fourth-order valence-electron chi connectivity index (χ4n) is 2.11. The summed E-state index contributed by atoms with van der Waals surface area (Å²) in [6.07, 6.45) is 4.76. The van der Waals surface area contributed by atoms with Gasteiger partial charge in [-0.15, -0.1) is 0 Å². The number of furan rings is 1. The van der Waals surface area contributed by atoms with Gasteiger partial charge in [0.2, 0.25) is 11.8 Å². The van der Waals surface area contributed by atoms with E-state index in [0.717, 1.165) is 0 Å². The quantitative estimate of drug-likeness (QED) is 0.807. The molecule has 1 aliphatic heterocycles. The molecule has 0 aromatic carbocycles. The van der Waals surface area contributed by atoms with Gasteiger partial charge in [0.25, 0.3) is 0 Å². The van der Waals surface area contributed by atoms with Gasteiger partial charge in [-0.1, -0.05) is 19.0 Å². The SMILES string of the molecule is CC(C)c1noc(C2CN(C(=O)/C=C/c3ccco3)C2)n1. The Hall–Kier alpha value is -2.37. The lowest BCUT2D eigenvalue weighted by atomic mass is 10.00. The zero-order chi connectivity index (χ0) is 14.8. The Kier molecular flexibility index (Phi) is 3.60. The van der Waals surface area contributed by atoms with E-state index in [0.29, 0.717) is 30.6 Å². The summed E-state index contributed by atoms with van der Waals surface area (Å²) in [6.45, 7) is 5.26. The van der Waals surface area contributed by atoms with Gasteiger partial charge in [-0.2, -0.15) is 4.98 Å². The van der Waals surface area contributed by atoms with Crippen molar-refractivity contribution in [2.24, 2.45) is 0 Å². The number of carbonyl (C=O) groups is 1. The van der Waals surface area contributed by atoms with E-state index >= 15 is 0 Å². The molecule has 0 radical (unpaired) electrons.